The van der Waals surface area contributed by atoms with Crippen LogP contribution in [0.2, 0.25) is 0 Å². The average molecular weight is 250 g/mol. The first-order valence-electron chi connectivity index (χ1n) is 6.91. The lowest BCUT2D eigenvalue weighted by Crippen LogP contribution is -2.33. The number of ether oxygens (including phenoxy) is 1. The third-order valence-electron chi connectivity index (χ3n) is 2.85. The van der Waals surface area contributed by atoms with Gasteiger partial charge in [0.2, 0.25) is 0 Å². The Kier molecular flexibility index (Phi) is 8.26. The first kappa shape index (κ1) is 15.0. The van der Waals surface area contributed by atoms with E-state index in [1.54, 1.807) is 0 Å². The van der Waals surface area contributed by atoms with E-state index in [0.717, 1.165) is 38.4 Å². The van der Waals surface area contributed by atoms with Crippen molar-refractivity contribution in [2.24, 2.45) is 0 Å². The molecule has 0 aromatic heterocycles. The van der Waals surface area contributed by atoms with Gasteiger partial charge in [-0.1, -0.05) is 25.1 Å². The third kappa shape index (κ3) is 6.62. The van der Waals surface area contributed by atoms with Gasteiger partial charge >= 0.3 is 0 Å². The Morgan fingerprint density at radius 3 is 2.56 bits per heavy atom. The summed E-state index contributed by atoms with van der Waals surface area (Å²) in [6, 6.07) is 10.0. The zero-order chi connectivity index (χ0) is 13.1. The Hall–Kier alpha value is -1.06. The maximum Gasteiger partial charge on any atom is 0.119 e. The molecule has 0 saturated heterocycles. The number of nitrogens with zero attached hydrogens (tertiary/aromatic N) is 1. The summed E-state index contributed by atoms with van der Waals surface area (Å²) in [5.41, 5.74) is 0. The minimum absolute atomic E-state index is 0.795. The highest BCUT2D eigenvalue weighted by molar-refractivity contribution is 5.20. The van der Waals surface area contributed by atoms with E-state index in [1.807, 2.05) is 37.4 Å². The van der Waals surface area contributed by atoms with Gasteiger partial charge in [0.1, 0.15) is 5.75 Å². The third-order valence-corrected chi connectivity index (χ3v) is 2.85. The van der Waals surface area contributed by atoms with E-state index in [4.69, 9.17) is 4.74 Å². The number of benzene rings is 1. The molecule has 1 aromatic rings. The van der Waals surface area contributed by atoms with Gasteiger partial charge in [-0.15, -0.1) is 0 Å². The van der Waals surface area contributed by atoms with Crippen LogP contribution in [0.3, 0.4) is 0 Å². The van der Waals surface area contributed by atoms with Crippen molar-refractivity contribution in [2.75, 3.05) is 39.8 Å². The lowest BCUT2D eigenvalue weighted by molar-refractivity contribution is 0.235. The molecule has 0 fully saturated rings. The predicted molar refractivity (Wildman–Crippen MR) is 77.2 cm³/mol. The Morgan fingerprint density at radius 1 is 1.11 bits per heavy atom. The van der Waals surface area contributed by atoms with Crippen LogP contribution >= 0.6 is 0 Å². The Labute approximate surface area is 111 Å². The van der Waals surface area contributed by atoms with Crippen LogP contribution in [0.15, 0.2) is 30.3 Å². The number of rotatable bonds is 10. The maximum atomic E-state index is 5.70. The fourth-order valence-corrected chi connectivity index (χ4v) is 1.92. The second kappa shape index (κ2) is 9.92. The number of hydrogen-bond donors (Lipinski definition) is 1. The van der Waals surface area contributed by atoms with E-state index in [-0.39, 0.29) is 0 Å². The molecule has 0 aliphatic carbocycles. The lowest BCUT2D eigenvalue weighted by Gasteiger charge is -2.21. The SMILES string of the molecule is CCCN(CCCOc1ccccc1)CCNC. The van der Waals surface area contributed by atoms with Crippen LogP contribution in [0, 0.1) is 0 Å². The van der Waals surface area contributed by atoms with Crippen molar-refractivity contribution in [3.05, 3.63) is 30.3 Å². The van der Waals surface area contributed by atoms with Gasteiger partial charge in [0.15, 0.2) is 0 Å². The Balaban J connectivity index is 2.14. The fourth-order valence-electron chi connectivity index (χ4n) is 1.92. The molecule has 1 N–H and O–H groups in total. The molecule has 0 unspecified atom stereocenters. The monoisotopic (exact) mass is 250 g/mol. The summed E-state index contributed by atoms with van der Waals surface area (Å²) in [4.78, 5) is 2.49. The normalized spacial score (nSPS) is 10.8. The summed E-state index contributed by atoms with van der Waals surface area (Å²) in [6.45, 7) is 7.49. The van der Waals surface area contributed by atoms with Gasteiger partial charge in [-0.2, -0.15) is 0 Å². The summed E-state index contributed by atoms with van der Waals surface area (Å²) in [5, 5.41) is 3.20. The highest BCUT2D eigenvalue weighted by Gasteiger charge is 2.02. The smallest absolute Gasteiger partial charge is 0.119 e. The van der Waals surface area contributed by atoms with E-state index >= 15 is 0 Å². The van der Waals surface area contributed by atoms with Crippen LogP contribution in [-0.4, -0.2) is 44.7 Å². The van der Waals surface area contributed by atoms with Crippen LogP contribution in [0.25, 0.3) is 0 Å². The van der Waals surface area contributed by atoms with Crippen molar-refractivity contribution in [3.8, 4) is 5.75 Å². The fraction of sp³-hybridized carbons (Fsp3) is 0.600. The van der Waals surface area contributed by atoms with Crippen LogP contribution in [-0.2, 0) is 0 Å². The van der Waals surface area contributed by atoms with Crippen molar-refractivity contribution >= 4 is 0 Å². The second-order valence-electron chi connectivity index (χ2n) is 4.46. The molecule has 0 saturated carbocycles. The molecule has 0 bridgehead atoms. The molecule has 1 aromatic carbocycles. The zero-order valence-electron chi connectivity index (χ0n) is 11.7. The second-order valence-corrected chi connectivity index (χ2v) is 4.46. The van der Waals surface area contributed by atoms with Gasteiger partial charge in [0, 0.05) is 19.6 Å². The summed E-state index contributed by atoms with van der Waals surface area (Å²) in [5.74, 6) is 0.967. The molecule has 3 nitrogen and oxygen atoms in total. The molecule has 18 heavy (non-hydrogen) atoms. The summed E-state index contributed by atoms with van der Waals surface area (Å²) in [6.07, 6.45) is 2.29. The molecule has 0 aliphatic rings. The van der Waals surface area contributed by atoms with Gasteiger partial charge in [0.25, 0.3) is 0 Å². The molecule has 1 rings (SSSR count). The molecule has 0 amide bonds. The predicted octanol–water partition coefficient (Wildman–Crippen LogP) is 2.39. The van der Waals surface area contributed by atoms with E-state index in [0.29, 0.717) is 0 Å². The zero-order valence-corrected chi connectivity index (χ0v) is 11.7. The van der Waals surface area contributed by atoms with Crippen molar-refractivity contribution in [3.63, 3.8) is 0 Å². The summed E-state index contributed by atoms with van der Waals surface area (Å²) < 4.78 is 5.70. The minimum atomic E-state index is 0.795. The Bertz CT molecular complexity index is 290. The van der Waals surface area contributed by atoms with Crippen molar-refractivity contribution < 1.29 is 4.74 Å². The van der Waals surface area contributed by atoms with Gasteiger partial charge < -0.3 is 15.0 Å². The van der Waals surface area contributed by atoms with Gasteiger partial charge in [-0.05, 0) is 38.6 Å². The maximum absolute atomic E-state index is 5.70. The summed E-state index contributed by atoms with van der Waals surface area (Å²) >= 11 is 0. The van der Waals surface area contributed by atoms with Crippen molar-refractivity contribution in [1.29, 1.82) is 0 Å². The number of nitrogens with one attached hydrogen (secondary N) is 1. The average Bonchev–Trinajstić information content (AvgIpc) is 2.42. The van der Waals surface area contributed by atoms with Crippen LogP contribution < -0.4 is 10.1 Å². The van der Waals surface area contributed by atoms with Crippen LogP contribution in [0.5, 0.6) is 5.75 Å². The van der Waals surface area contributed by atoms with Gasteiger partial charge in [0.05, 0.1) is 6.61 Å². The topological polar surface area (TPSA) is 24.5 Å². The highest BCUT2D eigenvalue weighted by Crippen LogP contribution is 2.08. The molecular weight excluding hydrogens is 224 g/mol. The first-order chi connectivity index (χ1) is 8.86. The molecule has 3 heteroatoms. The molecule has 102 valence electrons. The van der Waals surface area contributed by atoms with Gasteiger partial charge in [-0.3, -0.25) is 0 Å². The van der Waals surface area contributed by atoms with Crippen molar-refractivity contribution in [1.82, 2.24) is 10.2 Å². The van der Waals surface area contributed by atoms with E-state index in [2.05, 4.69) is 17.1 Å². The number of likely N-dealkylation sites (N-methyl/N-ethyl adjacent to an activating group) is 1. The van der Waals surface area contributed by atoms with E-state index < -0.39 is 0 Å². The lowest BCUT2D eigenvalue weighted by atomic mass is 10.3. The largest absolute Gasteiger partial charge is 0.494 e. The van der Waals surface area contributed by atoms with E-state index in [1.165, 1.54) is 13.0 Å². The molecule has 0 aliphatic heterocycles. The number of para-hydroxylation sites is 1. The van der Waals surface area contributed by atoms with Crippen molar-refractivity contribution in [2.45, 2.75) is 19.8 Å². The minimum Gasteiger partial charge on any atom is -0.494 e. The van der Waals surface area contributed by atoms with Gasteiger partial charge in [-0.25, -0.2) is 0 Å². The standard InChI is InChI=1S/C15H26N2O/c1-3-11-17(13-10-16-2)12-7-14-18-15-8-5-4-6-9-15/h4-6,8-9,16H,3,7,10-14H2,1-2H3. The number of hydrogen-bond acceptors (Lipinski definition) is 3. The molecule has 0 heterocycles. The summed E-state index contributed by atoms with van der Waals surface area (Å²) in [7, 11) is 2.00. The quantitative estimate of drug-likeness (QED) is 0.645. The van der Waals surface area contributed by atoms with Crippen LogP contribution in [0.1, 0.15) is 19.8 Å². The molecule has 0 atom stereocenters. The highest BCUT2D eigenvalue weighted by atomic mass is 16.5. The first-order valence-corrected chi connectivity index (χ1v) is 6.91. The Morgan fingerprint density at radius 2 is 1.89 bits per heavy atom. The molecular formula is C15H26N2O. The molecule has 0 radical (unpaired) electrons. The molecule has 0 spiro atoms. The van der Waals surface area contributed by atoms with Crippen LogP contribution in [0.4, 0.5) is 0 Å². The van der Waals surface area contributed by atoms with E-state index in [9.17, 15) is 0 Å².